The molecule has 116 valence electrons. The summed E-state index contributed by atoms with van der Waals surface area (Å²) in [6, 6.07) is 6.90. The van der Waals surface area contributed by atoms with Crippen LogP contribution in [0.1, 0.15) is 56.9 Å². The van der Waals surface area contributed by atoms with Gasteiger partial charge in [-0.1, -0.05) is 55.1 Å². The van der Waals surface area contributed by atoms with Crippen molar-refractivity contribution >= 4 is 23.2 Å². The van der Waals surface area contributed by atoms with E-state index in [-0.39, 0.29) is 0 Å². The zero-order valence-corrected chi connectivity index (χ0v) is 14.3. The van der Waals surface area contributed by atoms with E-state index in [0.29, 0.717) is 16.9 Å². The van der Waals surface area contributed by atoms with E-state index in [1.165, 1.54) is 44.1 Å². The molecule has 0 aliphatic heterocycles. The fraction of sp³-hybridized carbons (Fsp3) is 0.667. The Morgan fingerprint density at radius 3 is 2.67 bits per heavy atom. The highest BCUT2D eigenvalue weighted by atomic mass is 35.5. The van der Waals surface area contributed by atoms with Gasteiger partial charge in [-0.15, -0.1) is 0 Å². The molecule has 3 unspecified atom stereocenters. The normalized spacial score (nSPS) is 29.6. The molecule has 3 atom stereocenters. The van der Waals surface area contributed by atoms with Gasteiger partial charge in [0.2, 0.25) is 0 Å². The van der Waals surface area contributed by atoms with Crippen LogP contribution in [0, 0.1) is 11.8 Å². The maximum Gasteiger partial charge on any atom is 0.0627 e. The molecule has 1 aromatic carbocycles. The van der Waals surface area contributed by atoms with Crippen molar-refractivity contribution in [3.05, 3.63) is 33.8 Å². The van der Waals surface area contributed by atoms with E-state index in [2.05, 4.69) is 18.3 Å². The molecule has 0 radical (unpaired) electrons. The lowest BCUT2D eigenvalue weighted by molar-refractivity contribution is 0.225. The molecule has 0 aromatic heterocycles. The zero-order valence-electron chi connectivity index (χ0n) is 12.7. The number of rotatable bonds is 5. The zero-order chi connectivity index (χ0) is 14.8. The number of benzene rings is 1. The summed E-state index contributed by atoms with van der Waals surface area (Å²) >= 11 is 12.7. The van der Waals surface area contributed by atoms with Crippen molar-refractivity contribution in [3.63, 3.8) is 0 Å². The molecule has 3 heteroatoms. The molecule has 1 N–H and O–H groups in total. The van der Waals surface area contributed by atoms with Crippen molar-refractivity contribution in [2.24, 2.45) is 11.8 Å². The topological polar surface area (TPSA) is 12.0 Å². The quantitative estimate of drug-likeness (QED) is 0.736. The molecular weight excluding hydrogens is 301 g/mol. The third kappa shape index (κ3) is 3.75. The van der Waals surface area contributed by atoms with E-state index in [0.717, 1.165) is 23.5 Å². The molecule has 3 rings (SSSR count). The molecule has 2 aliphatic carbocycles. The van der Waals surface area contributed by atoms with E-state index in [4.69, 9.17) is 23.2 Å². The number of nitrogens with one attached hydrogen (secondary N) is 1. The van der Waals surface area contributed by atoms with Crippen LogP contribution in [0.2, 0.25) is 10.0 Å². The maximum absolute atomic E-state index is 6.51. The van der Waals surface area contributed by atoms with E-state index in [1.54, 1.807) is 0 Å². The Kier molecular flexibility index (Phi) is 5.14. The molecule has 2 aliphatic rings. The predicted octanol–water partition coefficient (Wildman–Crippen LogP) is 5.66. The summed E-state index contributed by atoms with van der Waals surface area (Å²) in [5.41, 5.74) is 1.27. The first-order valence-corrected chi connectivity index (χ1v) is 9.12. The SMILES string of the molecule is CCC1CCC(CNC2CC2)C(c2cccc(Cl)c2Cl)C1. The Labute approximate surface area is 138 Å². The lowest BCUT2D eigenvalue weighted by Crippen LogP contribution is -2.33. The first kappa shape index (κ1) is 15.6. The van der Waals surface area contributed by atoms with Crippen molar-refractivity contribution in [1.82, 2.24) is 5.32 Å². The van der Waals surface area contributed by atoms with Crippen molar-refractivity contribution < 1.29 is 0 Å². The van der Waals surface area contributed by atoms with Gasteiger partial charge >= 0.3 is 0 Å². The summed E-state index contributed by atoms with van der Waals surface area (Å²) in [5, 5.41) is 5.19. The second kappa shape index (κ2) is 6.89. The predicted molar refractivity (Wildman–Crippen MR) is 91.3 cm³/mol. The van der Waals surface area contributed by atoms with Crippen LogP contribution in [0.25, 0.3) is 0 Å². The van der Waals surface area contributed by atoms with Crippen LogP contribution < -0.4 is 5.32 Å². The molecule has 1 nitrogen and oxygen atoms in total. The van der Waals surface area contributed by atoms with Gasteiger partial charge in [0, 0.05) is 6.04 Å². The summed E-state index contributed by atoms with van der Waals surface area (Å²) in [6.07, 6.45) is 7.92. The summed E-state index contributed by atoms with van der Waals surface area (Å²) in [7, 11) is 0. The van der Waals surface area contributed by atoms with Gasteiger partial charge < -0.3 is 5.32 Å². The van der Waals surface area contributed by atoms with Gasteiger partial charge in [0.15, 0.2) is 0 Å². The molecule has 0 amide bonds. The molecule has 0 saturated heterocycles. The molecule has 21 heavy (non-hydrogen) atoms. The van der Waals surface area contributed by atoms with Crippen LogP contribution in [0.15, 0.2) is 18.2 Å². The second-order valence-corrected chi connectivity index (χ2v) is 7.56. The first-order chi connectivity index (χ1) is 10.2. The first-order valence-electron chi connectivity index (χ1n) is 8.36. The summed E-state index contributed by atoms with van der Waals surface area (Å²) in [4.78, 5) is 0. The van der Waals surface area contributed by atoms with Crippen LogP contribution in [0.3, 0.4) is 0 Å². The molecular formula is C18H25Cl2N. The van der Waals surface area contributed by atoms with Crippen LogP contribution in [0.4, 0.5) is 0 Å². The lowest BCUT2D eigenvalue weighted by Gasteiger charge is -2.37. The molecule has 1 aromatic rings. The highest BCUT2D eigenvalue weighted by Crippen LogP contribution is 2.45. The Morgan fingerprint density at radius 1 is 1.14 bits per heavy atom. The van der Waals surface area contributed by atoms with Gasteiger partial charge in [0.1, 0.15) is 0 Å². The van der Waals surface area contributed by atoms with Crippen LogP contribution in [-0.2, 0) is 0 Å². The lowest BCUT2D eigenvalue weighted by atomic mass is 9.70. The van der Waals surface area contributed by atoms with Crippen molar-refractivity contribution in [2.45, 2.75) is 57.4 Å². The fourth-order valence-electron chi connectivity index (χ4n) is 3.73. The number of hydrogen-bond acceptors (Lipinski definition) is 1. The minimum absolute atomic E-state index is 0.557. The second-order valence-electron chi connectivity index (χ2n) is 6.78. The van der Waals surface area contributed by atoms with Crippen molar-refractivity contribution in [1.29, 1.82) is 0 Å². The molecule has 0 bridgehead atoms. The Balaban J connectivity index is 1.79. The van der Waals surface area contributed by atoms with Gasteiger partial charge in [0.25, 0.3) is 0 Å². The highest BCUT2D eigenvalue weighted by Gasteiger charge is 2.33. The summed E-state index contributed by atoms with van der Waals surface area (Å²) in [6.45, 7) is 3.44. The maximum atomic E-state index is 6.51. The molecule has 2 fully saturated rings. The van der Waals surface area contributed by atoms with Crippen LogP contribution in [0.5, 0.6) is 0 Å². The van der Waals surface area contributed by atoms with E-state index >= 15 is 0 Å². The monoisotopic (exact) mass is 325 g/mol. The standard InChI is InChI=1S/C18H25Cl2N/c1-2-12-6-7-13(11-21-14-8-9-14)16(10-12)15-4-3-5-17(19)18(15)20/h3-5,12-14,16,21H,2,6-11H2,1H3. The Hall–Kier alpha value is -0.240. The number of halogens is 2. The average Bonchev–Trinajstić information content (AvgIpc) is 3.32. The van der Waals surface area contributed by atoms with Crippen molar-refractivity contribution in [3.8, 4) is 0 Å². The summed E-state index contributed by atoms with van der Waals surface area (Å²) < 4.78 is 0. The van der Waals surface area contributed by atoms with Gasteiger partial charge in [-0.3, -0.25) is 0 Å². The van der Waals surface area contributed by atoms with Gasteiger partial charge in [0.05, 0.1) is 10.0 Å². The molecule has 0 spiro atoms. The average molecular weight is 326 g/mol. The van der Waals surface area contributed by atoms with E-state index in [9.17, 15) is 0 Å². The number of hydrogen-bond donors (Lipinski definition) is 1. The molecule has 0 heterocycles. The van der Waals surface area contributed by atoms with Gasteiger partial charge in [-0.25, -0.2) is 0 Å². The Morgan fingerprint density at radius 2 is 1.95 bits per heavy atom. The van der Waals surface area contributed by atoms with Crippen molar-refractivity contribution in [2.75, 3.05) is 6.54 Å². The molecule has 2 saturated carbocycles. The van der Waals surface area contributed by atoms with E-state index < -0.39 is 0 Å². The third-order valence-electron chi connectivity index (χ3n) is 5.31. The smallest absolute Gasteiger partial charge is 0.0627 e. The van der Waals surface area contributed by atoms with Crippen LogP contribution >= 0.6 is 23.2 Å². The minimum Gasteiger partial charge on any atom is -0.314 e. The van der Waals surface area contributed by atoms with Gasteiger partial charge in [-0.2, -0.15) is 0 Å². The third-order valence-corrected chi connectivity index (χ3v) is 6.14. The Bertz CT molecular complexity index is 484. The van der Waals surface area contributed by atoms with Crippen LogP contribution in [-0.4, -0.2) is 12.6 Å². The largest absolute Gasteiger partial charge is 0.314 e. The minimum atomic E-state index is 0.557. The van der Waals surface area contributed by atoms with E-state index in [1.807, 2.05) is 12.1 Å². The summed E-state index contributed by atoms with van der Waals surface area (Å²) in [5.74, 6) is 2.09. The fourth-order valence-corrected chi connectivity index (χ4v) is 4.18. The highest BCUT2D eigenvalue weighted by molar-refractivity contribution is 6.42. The van der Waals surface area contributed by atoms with Gasteiger partial charge in [-0.05, 0) is 61.6 Å².